The van der Waals surface area contributed by atoms with Gasteiger partial charge in [0.25, 0.3) is 0 Å². The van der Waals surface area contributed by atoms with Crippen molar-refractivity contribution in [1.29, 1.82) is 0 Å². The molecule has 23 heavy (non-hydrogen) atoms. The summed E-state index contributed by atoms with van der Waals surface area (Å²) in [5, 5.41) is 16.2. The largest absolute Gasteiger partial charge is 0.506 e. The molecule has 1 unspecified atom stereocenters. The minimum absolute atomic E-state index is 0.0703. The summed E-state index contributed by atoms with van der Waals surface area (Å²) >= 11 is 3.31. The van der Waals surface area contributed by atoms with E-state index in [1.54, 1.807) is 6.07 Å². The van der Waals surface area contributed by atoms with Crippen LogP contribution in [0.15, 0.2) is 22.7 Å². The average molecular weight is 387 g/mol. The Morgan fingerprint density at radius 3 is 2.57 bits per heavy atom. The molecule has 0 bridgehead atoms. The summed E-state index contributed by atoms with van der Waals surface area (Å²) in [5.74, 6) is 0.557. The lowest BCUT2D eigenvalue weighted by Gasteiger charge is -2.25. The number of carbonyl (C=O) groups is 1. The molecule has 5 nitrogen and oxygen atoms in total. The van der Waals surface area contributed by atoms with Crippen molar-refractivity contribution in [2.45, 2.75) is 52.8 Å². The number of phenolic OH excluding ortho intramolecular Hbond substituents is 1. The third-order valence-electron chi connectivity index (χ3n) is 3.29. The van der Waals surface area contributed by atoms with Crippen LogP contribution in [0, 0.1) is 5.92 Å². The summed E-state index contributed by atoms with van der Waals surface area (Å²) in [6.07, 6.45) is -0.421. The van der Waals surface area contributed by atoms with Crippen molar-refractivity contribution in [3.05, 3.63) is 28.2 Å². The molecule has 0 heterocycles. The van der Waals surface area contributed by atoms with E-state index in [0.29, 0.717) is 23.5 Å². The maximum Gasteiger partial charge on any atom is 0.407 e. The molecule has 0 spiro atoms. The fraction of sp³-hybridized carbons (Fsp3) is 0.588. The first-order valence-corrected chi connectivity index (χ1v) is 8.56. The molecular formula is C17H27BrN2O3. The molecule has 6 heteroatoms. The predicted octanol–water partition coefficient (Wildman–Crippen LogP) is 3.79. The van der Waals surface area contributed by atoms with Gasteiger partial charge in [0.05, 0.1) is 4.47 Å². The molecule has 1 amide bonds. The average Bonchev–Trinajstić information content (AvgIpc) is 2.40. The summed E-state index contributed by atoms with van der Waals surface area (Å²) in [6, 6.07) is 5.61. The third kappa shape index (κ3) is 7.22. The van der Waals surface area contributed by atoms with Crippen LogP contribution in [-0.4, -0.2) is 29.4 Å². The van der Waals surface area contributed by atoms with Crippen molar-refractivity contribution < 1.29 is 14.6 Å². The molecule has 0 saturated carbocycles. The minimum Gasteiger partial charge on any atom is -0.506 e. The quantitative estimate of drug-likeness (QED) is 0.695. The summed E-state index contributed by atoms with van der Waals surface area (Å²) < 4.78 is 5.91. The number of nitrogens with one attached hydrogen (secondary N) is 2. The fourth-order valence-electron chi connectivity index (χ4n) is 1.99. The van der Waals surface area contributed by atoms with Crippen LogP contribution in [-0.2, 0) is 11.3 Å². The Morgan fingerprint density at radius 1 is 1.35 bits per heavy atom. The first-order valence-electron chi connectivity index (χ1n) is 7.76. The second-order valence-corrected chi connectivity index (χ2v) is 7.72. The van der Waals surface area contributed by atoms with Crippen molar-refractivity contribution in [3.8, 4) is 5.75 Å². The van der Waals surface area contributed by atoms with Gasteiger partial charge in [-0.15, -0.1) is 0 Å². The number of phenols is 1. The fourth-order valence-corrected chi connectivity index (χ4v) is 2.40. The van der Waals surface area contributed by atoms with E-state index < -0.39 is 11.7 Å². The van der Waals surface area contributed by atoms with Gasteiger partial charge in [0.2, 0.25) is 0 Å². The Morgan fingerprint density at radius 2 is 2.00 bits per heavy atom. The van der Waals surface area contributed by atoms with E-state index in [1.165, 1.54) is 0 Å². The van der Waals surface area contributed by atoms with E-state index in [0.717, 1.165) is 5.56 Å². The Labute approximate surface area is 146 Å². The van der Waals surface area contributed by atoms with Crippen LogP contribution in [0.2, 0.25) is 0 Å². The first kappa shape index (κ1) is 19.8. The van der Waals surface area contributed by atoms with Gasteiger partial charge in [-0.05, 0) is 48.7 Å². The predicted molar refractivity (Wildman–Crippen MR) is 95.5 cm³/mol. The van der Waals surface area contributed by atoms with Crippen LogP contribution in [0.3, 0.4) is 0 Å². The molecule has 0 aromatic heterocycles. The van der Waals surface area contributed by atoms with E-state index >= 15 is 0 Å². The maximum absolute atomic E-state index is 11.8. The number of carbonyl (C=O) groups excluding carboxylic acids is 1. The number of benzene rings is 1. The molecule has 0 fully saturated rings. The summed E-state index contributed by atoms with van der Waals surface area (Å²) in [4.78, 5) is 11.8. The van der Waals surface area contributed by atoms with E-state index in [9.17, 15) is 9.90 Å². The van der Waals surface area contributed by atoms with Gasteiger partial charge in [-0.3, -0.25) is 0 Å². The normalized spacial score (nSPS) is 13.0. The molecule has 3 N–H and O–H groups in total. The molecule has 1 aromatic carbocycles. The molecule has 1 aromatic rings. The van der Waals surface area contributed by atoms with Crippen LogP contribution >= 0.6 is 15.9 Å². The topological polar surface area (TPSA) is 70.6 Å². The number of hydrogen-bond donors (Lipinski definition) is 3. The third-order valence-corrected chi connectivity index (χ3v) is 3.93. The second-order valence-electron chi connectivity index (χ2n) is 6.86. The van der Waals surface area contributed by atoms with Crippen LogP contribution in [0.25, 0.3) is 0 Å². The highest BCUT2D eigenvalue weighted by molar-refractivity contribution is 9.10. The number of halogens is 1. The van der Waals surface area contributed by atoms with Crippen molar-refractivity contribution in [3.63, 3.8) is 0 Å². The molecule has 1 atom stereocenters. The number of aromatic hydroxyl groups is 1. The van der Waals surface area contributed by atoms with Crippen LogP contribution in [0.5, 0.6) is 5.75 Å². The van der Waals surface area contributed by atoms with Crippen LogP contribution < -0.4 is 10.6 Å². The number of ether oxygens (including phenoxy) is 1. The Hall–Kier alpha value is -1.27. The Kier molecular flexibility index (Phi) is 7.35. The maximum atomic E-state index is 11.8. The smallest absolute Gasteiger partial charge is 0.407 e. The van der Waals surface area contributed by atoms with Crippen molar-refractivity contribution in [2.75, 3.05) is 6.54 Å². The highest BCUT2D eigenvalue weighted by Crippen LogP contribution is 2.27. The minimum atomic E-state index is -0.507. The van der Waals surface area contributed by atoms with Gasteiger partial charge in [0.15, 0.2) is 0 Å². The Bertz CT molecular complexity index is 527. The lowest BCUT2D eigenvalue weighted by Crippen LogP contribution is -2.45. The molecule has 0 saturated heterocycles. The summed E-state index contributed by atoms with van der Waals surface area (Å²) in [5.41, 5.74) is 0.301. The van der Waals surface area contributed by atoms with Gasteiger partial charge in [-0.25, -0.2) is 4.79 Å². The zero-order valence-corrected chi connectivity index (χ0v) is 16.0. The number of para-hydroxylation sites is 1. The summed E-state index contributed by atoms with van der Waals surface area (Å²) in [6.45, 7) is 10.6. The standard InChI is InChI=1S/C17H27BrN2O3/c1-11(2)14(10-20-16(22)23-17(3,4)5)19-9-12-7-6-8-13(18)15(12)21/h6-8,11,14,19,21H,9-10H2,1-5H3,(H,20,22). The zero-order chi connectivity index (χ0) is 17.6. The highest BCUT2D eigenvalue weighted by Gasteiger charge is 2.19. The lowest BCUT2D eigenvalue weighted by molar-refractivity contribution is 0.0519. The van der Waals surface area contributed by atoms with Crippen molar-refractivity contribution >= 4 is 22.0 Å². The van der Waals surface area contributed by atoms with E-state index in [-0.39, 0.29) is 11.8 Å². The van der Waals surface area contributed by atoms with Gasteiger partial charge in [-0.1, -0.05) is 26.0 Å². The zero-order valence-electron chi connectivity index (χ0n) is 14.4. The molecular weight excluding hydrogens is 360 g/mol. The molecule has 1 rings (SSSR count). The lowest BCUT2D eigenvalue weighted by atomic mass is 10.0. The number of hydrogen-bond acceptors (Lipinski definition) is 4. The van der Waals surface area contributed by atoms with Gasteiger partial charge >= 0.3 is 6.09 Å². The van der Waals surface area contributed by atoms with E-state index in [1.807, 2.05) is 32.9 Å². The van der Waals surface area contributed by atoms with Crippen molar-refractivity contribution in [2.24, 2.45) is 5.92 Å². The molecule has 0 aliphatic heterocycles. The number of amides is 1. The van der Waals surface area contributed by atoms with Gasteiger partial charge < -0.3 is 20.5 Å². The molecule has 130 valence electrons. The van der Waals surface area contributed by atoms with Crippen molar-refractivity contribution in [1.82, 2.24) is 10.6 Å². The van der Waals surface area contributed by atoms with Gasteiger partial charge in [-0.2, -0.15) is 0 Å². The molecule has 0 radical (unpaired) electrons. The molecule has 0 aliphatic rings. The monoisotopic (exact) mass is 386 g/mol. The van der Waals surface area contributed by atoms with Crippen LogP contribution in [0.1, 0.15) is 40.2 Å². The van der Waals surface area contributed by atoms with Crippen LogP contribution in [0.4, 0.5) is 4.79 Å². The molecule has 0 aliphatic carbocycles. The number of rotatable bonds is 6. The van der Waals surface area contributed by atoms with Gasteiger partial charge in [0, 0.05) is 24.7 Å². The first-order chi connectivity index (χ1) is 10.6. The Balaban J connectivity index is 2.56. The second kappa shape index (κ2) is 8.55. The van der Waals surface area contributed by atoms with Gasteiger partial charge in [0.1, 0.15) is 11.4 Å². The number of alkyl carbamates (subject to hydrolysis) is 1. The van der Waals surface area contributed by atoms with E-state index in [4.69, 9.17) is 4.74 Å². The summed E-state index contributed by atoms with van der Waals surface area (Å²) in [7, 11) is 0. The van der Waals surface area contributed by atoms with E-state index in [2.05, 4.69) is 40.4 Å². The SMILES string of the molecule is CC(C)C(CNC(=O)OC(C)(C)C)NCc1cccc(Br)c1O. The highest BCUT2D eigenvalue weighted by atomic mass is 79.9.